The van der Waals surface area contributed by atoms with Crippen LogP contribution in [0.4, 0.5) is 0 Å². The van der Waals surface area contributed by atoms with Crippen molar-refractivity contribution in [2.75, 3.05) is 20.1 Å². The fourth-order valence-corrected chi connectivity index (χ4v) is 6.84. The van der Waals surface area contributed by atoms with Gasteiger partial charge in [-0.25, -0.2) is 4.79 Å². The summed E-state index contributed by atoms with van der Waals surface area (Å²) in [5, 5.41) is -0.0147. The smallest absolute Gasteiger partial charge is 0.329 e. The second-order valence-corrected chi connectivity index (χ2v) is 15.4. The van der Waals surface area contributed by atoms with Crippen molar-refractivity contribution in [3.63, 3.8) is 0 Å². The molecule has 0 radical (unpaired) electrons. The Hall–Kier alpha value is -1.66. The van der Waals surface area contributed by atoms with Gasteiger partial charge in [-0.15, -0.1) is 0 Å². The van der Waals surface area contributed by atoms with E-state index in [1.54, 1.807) is 0 Å². The van der Waals surface area contributed by atoms with Gasteiger partial charge in [-0.1, -0.05) is 64.2 Å². The van der Waals surface area contributed by atoms with E-state index >= 15 is 0 Å². The van der Waals surface area contributed by atoms with Gasteiger partial charge in [0.25, 0.3) is 0 Å². The van der Waals surface area contributed by atoms with E-state index < -0.39 is 14.3 Å². The average Bonchev–Trinajstić information content (AvgIpc) is 3.06. The maximum Gasteiger partial charge on any atom is 0.329 e. The van der Waals surface area contributed by atoms with Crippen molar-refractivity contribution in [1.82, 2.24) is 9.47 Å². The summed E-state index contributed by atoms with van der Waals surface area (Å²) in [6.07, 6.45) is 1.89. The maximum atomic E-state index is 13.3. The highest BCUT2D eigenvalue weighted by atomic mass is 28.3. The van der Waals surface area contributed by atoms with Crippen LogP contribution in [0.3, 0.4) is 0 Å². The molecule has 6 heteroatoms. The number of benzene rings is 1. The van der Waals surface area contributed by atoms with Gasteiger partial charge >= 0.3 is 5.97 Å². The predicted molar refractivity (Wildman–Crippen MR) is 118 cm³/mol. The molecule has 0 spiro atoms. The Morgan fingerprint density at radius 3 is 2.41 bits per heavy atom. The average molecular weight is 417 g/mol. The first-order chi connectivity index (χ1) is 13.5. The zero-order chi connectivity index (χ0) is 21.4. The Bertz CT molecular complexity index is 744. The van der Waals surface area contributed by atoms with E-state index in [1.165, 1.54) is 0 Å². The number of hydrogen-bond donors (Lipinski definition) is 0. The van der Waals surface area contributed by atoms with E-state index in [9.17, 15) is 9.59 Å². The van der Waals surface area contributed by atoms with Crippen molar-refractivity contribution in [1.29, 1.82) is 0 Å². The fourth-order valence-electron chi connectivity index (χ4n) is 4.42. The Labute approximate surface area is 176 Å². The van der Waals surface area contributed by atoms with Gasteiger partial charge < -0.3 is 14.2 Å². The van der Waals surface area contributed by atoms with Gasteiger partial charge in [0.15, 0.2) is 8.24 Å². The van der Waals surface area contributed by atoms with E-state index in [0.717, 1.165) is 31.5 Å². The number of rotatable bonds is 6. The van der Waals surface area contributed by atoms with Crippen LogP contribution in [0.25, 0.3) is 0 Å². The SMILES string of the molecule is CN1CCC(C[C@H]2C(=O)N([Si](C)(C)C(C)(C)C)[C@@H]2C(=O)OCc2ccccc2)C1. The minimum absolute atomic E-state index is 0.0147. The van der Waals surface area contributed by atoms with E-state index in [1.807, 2.05) is 34.9 Å². The summed E-state index contributed by atoms with van der Waals surface area (Å²) in [6, 6.07) is 9.31. The lowest BCUT2D eigenvalue weighted by molar-refractivity contribution is -0.169. The molecule has 1 aromatic rings. The Kier molecular flexibility index (Phi) is 6.25. The van der Waals surface area contributed by atoms with Crippen molar-refractivity contribution in [2.24, 2.45) is 11.8 Å². The Morgan fingerprint density at radius 2 is 1.86 bits per heavy atom. The second kappa shape index (κ2) is 8.23. The normalized spacial score (nSPS) is 25.8. The molecule has 0 N–H and O–H groups in total. The maximum absolute atomic E-state index is 13.3. The molecule has 3 atom stereocenters. The van der Waals surface area contributed by atoms with Crippen molar-refractivity contribution >= 4 is 20.1 Å². The summed E-state index contributed by atoms with van der Waals surface area (Å²) in [5.74, 6) is 0.172. The van der Waals surface area contributed by atoms with Crippen molar-refractivity contribution in [2.45, 2.75) is 64.4 Å². The zero-order valence-electron chi connectivity index (χ0n) is 18.8. The van der Waals surface area contributed by atoms with Crippen LogP contribution in [-0.4, -0.2) is 55.8 Å². The molecule has 2 heterocycles. The number of amides is 1. The fraction of sp³-hybridized carbons (Fsp3) is 0.652. The van der Waals surface area contributed by atoms with Crippen LogP contribution in [0, 0.1) is 11.8 Å². The number of β-lactam (4-membered cyclic amide) rings is 1. The molecule has 0 saturated carbocycles. The van der Waals surface area contributed by atoms with Gasteiger partial charge in [0.1, 0.15) is 12.6 Å². The van der Waals surface area contributed by atoms with Gasteiger partial charge in [0.2, 0.25) is 5.91 Å². The molecule has 5 nitrogen and oxygen atoms in total. The summed E-state index contributed by atoms with van der Waals surface area (Å²) in [4.78, 5) is 28.7. The highest BCUT2D eigenvalue weighted by Crippen LogP contribution is 2.46. The summed E-state index contributed by atoms with van der Waals surface area (Å²) < 4.78 is 7.65. The van der Waals surface area contributed by atoms with Crippen LogP contribution in [0.1, 0.15) is 39.2 Å². The predicted octanol–water partition coefficient (Wildman–Crippen LogP) is 3.90. The third-order valence-electron chi connectivity index (χ3n) is 7.19. The zero-order valence-corrected chi connectivity index (χ0v) is 19.8. The Morgan fingerprint density at radius 1 is 1.21 bits per heavy atom. The number of nitrogens with zero attached hydrogens (tertiary/aromatic N) is 2. The van der Waals surface area contributed by atoms with Crippen LogP contribution in [0.5, 0.6) is 0 Å². The van der Waals surface area contributed by atoms with E-state index in [0.29, 0.717) is 5.92 Å². The molecule has 0 bridgehead atoms. The van der Waals surface area contributed by atoms with Gasteiger partial charge in [0.05, 0.1) is 5.92 Å². The number of likely N-dealkylation sites (tertiary alicyclic amines) is 1. The van der Waals surface area contributed by atoms with Crippen LogP contribution in [-0.2, 0) is 20.9 Å². The molecular weight excluding hydrogens is 380 g/mol. The molecule has 3 rings (SSSR count). The summed E-state index contributed by atoms with van der Waals surface area (Å²) in [6.45, 7) is 13.3. The number of carbonyl (C=O) groups excluding carboxylic acids is 2. The summed E-state index contributed by atoms with van der Waals surface area (Å²) >= 11 is 0. The molecule has 160 valence electrons. The molecule has 2 aliphatic heterocycles. The number of hydrogen-bond acceptors (Lipinski definition) is 4. The molecule has 0 aliphatic carbocycles. The molecule has 1 unspecified atom stereocenters. The Balaban J connectivity index is 1.77. The minimum atomic E-state index is -2.16. The quantitative estimate of drug-likeness (QED) is 0.401. The first-order valence-corrected chi connectivity index (χ1v) is 13.7. The van der Waals surface area contributed by atoms with Crippen molar-refractivity contribution in [3.8, 4) is 0 Å². The lowest BCUT2D eigenvalue weighted by Gasteiger charge is -2.57. The number of ether oxygens (including phenoxy) is 1. The number of carbonyl (C=O) groups is 2. The van der Waals surface area contributed by atoms with E-state index in [4.69, 9.17) is 4.74 Å². The van der Waals surface area contributed by atoms with Gasteiger partial charge in [-0.3, -0.25) is 4.79 Å². The van der Waals surface area contributed by atoms with Crippen LogP contribution >= 0.6 is 0 Å². The second-order valence-electron chi connectivity index (χ2n) is 10.3. The first-order valence-electron chi connectivity index (χ1n) is 10.7. The third-order valence-corrected chi connectivity index (χ3v) is 12.6. The van der Waals surface area contributed by atoms with Crippen LogP contribution in [0.2, 0.25) is 18.1 Å². The van der Waals surface area contributed by atoms with Crippen molar-refractivity contribution < 1.29 is 14.3 Å². The number of esters is 1. The van der Waals surface area contributed by atoms with E-state index in [-0.39, 0.29) is 29.4 Å². The molecule has 0 aromatic heterocycles. The molecule has 2 fully saturated rings. The monoisotopic (exact) mass is 416 g/mol. The molecule has 1 amide bonds. The molecular formula is C23H36N2O3Si. The highest BCUT2D eigenvalue weighted by molar-refractivity contribution is 6.80. The molecule has 2 saturated heterocycles. The molecule has 29 heavy (non-hydrogen) atoms. The summed E-state index contributed by atoms with van der Waals surface area (Å²) in [7, 11) is -0.0361. The topological polar surface area (TPSA) is 49.9 Å². The molecule has 1 aromatic carbocycles. The van der Waals surface area contributed by atoms with Crippen LogP contribution < -0.4 is 0 Å². The lowest BCUT2D eigenvalue weighted by atomic mass is 9.82. The van der Waals surface area contributed by atoms with Gasteiger partial charge in [-0.2, -0.15) is 0 Å². The standard InChI is InChI=1S/C23H36N2O3Si/c1-23(2,3)29(5,6)25-20(22(27)28-16-17-10-8-7-9-11-17)19(21(25)26)14-18-12-13-24(4)15-18/h7-11,18-20H,12-16H2,1-6H3/t18?,19-,20+/m1/s1. The van der Waals surface area contributed by atoms with E-state index in [2.05, 4.69) is 45.8 Å². The first kappa shape index (κ1) is 22.0. The summed E-state index contributed by atoms with van der Waals surface area (Å²) in [5.41, 5.74) is 0.972. The lowest BCUT2D eigenvalue weighted by Crippen LogP contribution is -2.75. The third kappa shape index (κ3) is 4.43. The highest BCUT2D eigenvalue weighted by Gasteiger charge is 2.60. The largest absolute Gasteiger partial charge is 0.459 e. The minimum Gasteiger partial charge on any atom is -0.459 e. The van der Waals surface area contributed by atoms with Gasteiger partial charge in [-0.05, 0) is 43.0 Å². The van der Waals surface area contributed by atoms with Crippen LogP contribution in [0.15, 0.2) is 30.3 Å². The van der Waals surface area contributed by atoms with Crippen molar-refractivity contribution in [3.05, 3.63) is 35.9 Å². The van der Waals surface area contributed by atoms with Gasteiger partial charge in [0, 0.05) is 6.54 Å². The molecule has 2 aliphatic rings.